The highest BCUT2D eigenvalue weighted by atomic mass is 16.4. The summed E-state index contributed by atoms with van der Waals surface area (Å²) >= 11 is 0. The minimum absolute atomic E-state index is 0.0885. The topological polar surface area (TPSA) is 108 Å². The second-order valence-electron chi connectivity index (χ2n) is 8.38. The van der Waals surface area contributed by atoms with Crippen molar-refractivity contribution >= 4 is 11.9 Å². The molecule has 0 aromatic carbocycles. The molecule has 2 aliphatic heterocycles. The highest BCUT2D eigenvalue weighted by Crippen LogP contribution is 2.13. The molecule has 2 aliphatic rings. The van der Waals surface area contributed by atoms with Crippen LogP contribution in [-0.2, 0) is 9.59 Å². The Morgan fingerprint density at radius 3 is 1.97 bits per heavy atom. The van der Waals surface area contributed by atoms with Crippen molar-refractivity contribution in [1.82, 2.24) is 19.6 Å². The third-order valence-electron chi connectivity index (χ3n) is 5.98. The molecule has 2 fully saturated rings. The van der Waals surface area contributed by atoms with Gasteiger partial charge >= 0.3 is 11.9 Å². The van der Waals surface area contributed by atoms with Gasteiger partial charge in [0.05, 0.1) is 12.6 Å². The van der Waals surface area contributed by atoms with Gasteiger partial charge in [0.25, 0.3) is 0 Å². The van der Waals surface area contributed by atoms with Gasteiger partial charge in [-0.15, -0.1) is 0 Å². The first kappa shape index (κ1) is 24.0. The Morgan fingerprint density at radius 2 is 1.38 bits per heavy atom. The van der Waals surface area contributed by atoms with Crippen LogP contribution < -0.4 is 0 Å². The molecule has 0 aromatic heterocycles. The number of carboxylic acids is 2. The van der Waals surface area contributed by atoms with Gasteiger partial charge in [0.1, 0.15) is 6.04 Å². The molecule has 29 heavy (non-hydrogen) atoms. The van der Waals surface area contributed by atoms with E-state index < -0.39 is 24.1 Å². The third-order valence-corrected chi connectivity index (χ3v) is 5.98. The van der Waals surface area contributed by atoms with Crippen molar-refractivity contribution in [2.75, 3.05) is 72.0 Å². The highest BCUT2D eigenvalue weighted by molar-refractivity contribution is 5.73. The zero-order valence-corrected chi connectivity index (χ0v) is 17.7. The average Bonchev–Trinajstić information content (AvgIpc) is 2.65. The van der Waals surface area contributed by atoms with Crippen LogP contribution in [0.25, 0.3) is 0 Å². The van der Waals surface area contributed by atoms with Gasteiger partial charge in [-0.2, -0.15) is 0 Å². The van der Waals surface area contributed by atoms with E-state index in [1.54, 1.807) is 6.92 Å². The van der Waals surface area contributed by atoms with E-state index in [9.17, 15) is 19.8 Å². The lowest BCUT2D eigenvalue weighted by Gasteiger charge is -2.37. The van der Waals surface area contributed by atoms with E-state index in [-0.39, 0.29) is 6.54 Å². The molecule has 2 bridgehead atoms. The zero-order valence-electron chi connectivity index (χ0n) is 17.7. The zero-order chi connectivity index (χ0) is 21.2. The molecule has 0 aliphatic carbocycles. The van der Waals surface area contributed by atoms with Crippen LogP contribution in [0.1, 0.15) is 32.6 Å². The van der Waals surface area contributed by atoms with Crippen molar-refractivity contribution in [3.05, 3.63) is 0 Å². The van der Waals surface area contributed by atoms with Crippen molar-refractivity contribution in [3.63, 3.8) is 0 Å². The van der Waals surface area contributed by atoms with E-state index >= 15 is 0 Å². The molecule has 4 atom stereocenters. The summed E-state index contributed by atoms with van der Waals surface area (Å²) in [7, 11) is 0. The molecule has 3 N–H and O–H groups in total. The minimum Gasteiger partial charge on any atom is -0.480 e. The number of aliphatic hydroxyl groups excluding tert-OH is 1. The van der Waals surface area contributed by atoms with E-state index in [1.807, 2.05) is 4.90 Å². The number of fused-ring (bicyclic) bond motifs is 3. The van der Waals surface area contributed by atoms with Gasteiger partial charge in [-0.25, -0.2) is 0 Å². The van der Waals surface area contributed by atoms with Gasteiger partial charge < -0.3 is 25.1 Å². The summed E-state index contributed by atoms with van der Waals surface area (Å²) in [5, 5.41) is 28.5. The Labute approximate surface area is 173 Å². The molecule has 4 unspecified atom stereocenters. The summed E-state index contributed by atoms with van der Waals surface area (Å²) < 4.78 is 0. The smallest absolute Gasteiger partial charge is 0.320 e. The lowest BCUT2D eigenvalue weighted by Crippen LogP contribution is -2.50. The minimum atomic E-state index is -0.809. The van der Waals surface area contributed by atoms with E-state index in [1.165, 1.54) is 0 Å². The van der Waals surface area contributed by atoms with Crippen molar-refractivity contribution in [1.29, 1.82) is 0 Å². The third kappa shape index (κ3) is 8.96. The van der Waals surface area contributed by atoms with Crippen LogP contribution in [0.5, 0.6) is 0 Å². The largest absolute Gasteiger partial charge is 0.480 e. The van der Waals surface area contributed by atoms with Crippen molar-refractivity contribution < 1.29 is 24.9 Å². The lowest BCUT2D eigenvalue weighted by molar-refractivity contribution is -0.144. The predicted octanol–water partition coefficient (Wildman–Crippen LogP) is -0.299. The summed E-state index contributed by atoms with van der Waals surface area (Å²) in [6.45, 7) is 10.1. The maximum absolute atomic E-state index is 11.9. The Balaban J connectivity index is 2.03. The summed E-state index contributed by atoms with van der Waals surface area (Å²) in [6, 6.07) is -0.557. The predicted molar refractivity (Wildman–Crippen MR) is 110 cm³/mol. The maximum Gasteiger partial charge on any atom is 0.320 e. The number of rotatable bonds is 7. The number of carboxylic acid groups (broad SMARTS) is 2. The lowest BCUT2D eigenvalue weighted by atomic mass is 10.1. The SMILES string of the molecule is CC(O)CCC(C(=O)O)N1CCCN2CCN(CCCN(CC(=O)O)CC2)CC1. The van der Waals surface area contributed by atoms with Gasteiger partial charge in [0.2, 0.25) is 0 Å². The quantitative estimate of drug-likeness (QED) is 0.517. The van der Waals surface area contributed by atoms with Crippen molar-refractivity contribution in [2.45, 2.75) is 44.8 Å². The second kappa shape index (κ2) is 12.4. The molecule has 0 amide bonds. The van der Waals surface area contributed by atoms with Gasteiger partial charge in [0, 0.05) is 52.4 Å². The first-order chi connectivity index (χ1) is 13.8. The standard InChI is InChI=1S/C20H38N4O5/c1-17(25)4-5-18(20(28)29)24-9-3-7-21-10-11-22(14-15-24)6-2-8-23(13-12-21)16-19(26)27/h17-18,25H,2-16H2,1H3,(H,26,27)(H,28,29). The second-order valence-corrected chi connectivity index (χ2v) is 8.38. The molecule has 0 saturated carbocycles. The van der Waals surface area contributed by atoms with E-state index in [2.05, 4.69) is 14.7 Å². The molecular formula is C20H38N4O5. The number of hydrogen-bond acceptors (Lipinski definition) is 7. The molecule has 168 valence electrons. The molecular weight excluding hydrogens is 376 g/mol. The van der Waals surface area contributed by atoms with E-state index in [0.29, 0.717) is 19.4 Å². The Hall–Kier alpha value is -1.26. The van der Waals surface area contributed by atoms with Gasteiger partial charge in [-0.3, -0.25) is 19.4 Å². The highest BCUT2D eigenvalue weighted by Gasteiger charge is 2.27. The van der Waals surface area contributed by atoms with Gasteiger partial charge in [0.15, 0.2) is 0 Å². The van der Waals surface area contributed by atoms with Crippen LogP contribution in [0.4, 0.5) is 0 Å². The van der Waals surface area contributed by atoms with E-state index in [4.69, 9.17) is 5.11 Å². The van der Waals surface area contributed by atoms with Gasteiger partial charge in [-0.1, -0.05) is 0 Å². The fraction of sp³-hybridized carbons (Fsp3) is 0.900. The van der Waals surface area contributed by atoms with Crippen LogP contribution in [0, 0.1) is 0 Å². The summed E-state index contributed by atoms with van der Waals surface area (Å²) in [5.41, 5.74) is 0. The number of hydrogen-bond donors (Lipinski definition) is 3. The Morgan fingerprint density at radius 1 is 0.793 bits per heavy atom. The van der Waals surface area contributed by atoms with Gasteiger partial charge in [-0.05, 0) is 45.7 Å². The number of aliphatic hydroxyl groups is 1. The summed E-state index contributed by atoms with van der Waals surface area (Å²) in [5.74, 6) is -1.59. The number of aliphatic carboxylic acids is 2. The monoisotopic (exact) mass is 414 g/mol. The molecule has 9 heteroatoms. The summed E-state index contributed by atoms with van der Waals surface area (Å²) in [6.07, 6.45) is 2.26. The Kier molecular flexibility index (Phi) is 10.3. The normalized spacial score (nSPS) is 27.8. The molecule has 2 rings (SSSR count). The van der Waals surface area contributed by atoms with Crippen LogP contribution >= 0.6 is 0 Å². The van der Waals surface area contributed by atoms with Crippen molar-refractivity contribution in [3.8, 4) is 0 Å². The molecule has 2 heterocycles. The Bertz CT molecular complexity index is 519. The first-order valence-electron chi connectivity index (χ1n) is 10.9. The average molecular weight is 415 g/mol. The summed E-state index contributed by atoms with van der Waals surface area (Å²) in [4.78, 5) is 31.8. The molecule has 9 nitrogen and oxygen atoms in total. The molecule has 0 aromatic rings. The number of carbonyl (C=O) groups is 2. The van der Waals surface area contributed by atoms with E-state index in [0.717, 1.165) is 71.7 Å². The molecule has 0 spiro atoms. The van der Waals surface area contributed by atoms with Crippen LogP contribution in [0.2, 0.25) is 0 Å². The first-order valence-corrected chi connectivity index (χ1v) is 10.9. The number of nitrogens with zero attached hydrogens (tertiary/aromatic N) is 4. The fourth-order valence-electron chi connectivity index (χ4n) is 4.27. The maximum atomic E-state index is 11.9. The van der Waals surface area contributed by atoms with Crippen LogP contribution in [0.15, 0.2) is 0 Å². The molecule has 2 saturated heterocycles. The fourth-order valence-corrected chi connectivity index (χ4v) is 4.27. The molecule has 0 radical (unpaired) electrons. The van der Waals surface area contributed by atoms with Crippen LogP contribution in [-0.4, -0.2) is 131 Å². The van der Waals surface area contributed by atoms with Crippen LogP contribution in [0.3, 0.4) is 0 Å². The van der Waals surface area contributed by atoms with Crippen molar-refractivity contribution in [2.24, 2.45) is 0 Å².